The predicted octanol–water partition coefficient (Wildman–Crippen LogP) is 12.2. The van der Waals surface area contributed by atoms with Gasteiger partial charge in [-0.3, -0.25) is 0 Å². The lowest BCUT2D eigenvalue weighted by molar-refractivity contribution is 1.07. The minimum atomic E-state index is -1.36. The van der Waals surface area contributed by atoms with E-state index in [1.165, 1.54) is 67.9 Å². The number of nitrogens with zero attached hydrogens (tertiary/aromatic N) is 3. The lowest BCUT2D eigenvalue weighted by atomic mass is 9.95. The monoisotopic (exact) mass is 699 g/mol. The van der Waals surface area contributed by atoms with Gasteiger partial charge in [-0.25, -0.2) is 15.0 Å². The molecule has 3 nitrogen and oxygen atoms in total. The van der Waals surface area contributed by atoms with Gasteiger partial charge < -0.3 is 0 Å². The van der Waals surface area contributed by atoms with Crippen LogP contribution in [-0.2, 0) is 0 Å². The van der Waals surface area contributed by atoms with Gasteiger partial charge in [0.15, 0.2) is 17.5 Å². The predicted molar refractivity (Wildman–Crippen MR) is 222 cm³/mol. The normalized spacial score (nSPS) is 12.1. The molecule has 242 valence electrons. The van der Waals surface area contributed by atoms with Crippen molar-refractivity contribution in [1.82, 2.24) is 15.0 Å². The lowest BCUT2D eigenvalue weighted by Crippen LogP contribution is -2.01. The van der Waals surface area contributed by atoms with E-state index >= 15 is 0 Å². The van der Waals surface area contributed by atoms with E-state index in [1.807, 2.05) is 22.7 Å². The molecule has 0 atom stereocenters. The van der Waals surface area contributed by atoms with E-state index in [4.69, 9.17) is 15.0 Å². The van der Waals surface area contributed by atoms with Crippen molar-refractivity contribution in [1.29, 1.82) is 0 Å². The fraction of sp³-hybridized carbons (Fsp3) is 0.0909. The molecule has 0 saturated carbocycles. The first-order valence-electron chi connectivity index (χ1n) is 16.7. The van der Waals surface area contributed by atoms with E-state index < -0.39 is 6.89 Å². The molecule has 0 radical (unpaired) electrons. The summed E-state index contributed by atoms with van der Waals surface area (Å²) in [6.07, 6.45) is 4.47. The Morgan fingerprint density at radius 1 is 0.460 bits per heavy atom. The van der Waals surface area contributed by atoms with E-state index in [9.17, 15) is 0 Å². The summed E-state index contributed by atoms with van der Waals surface area (Å²) in [6, 6.07) is 43.8. The van der Waals surface area contributed by atoms with Gasteiger partial charge in [-0.1, -0.05) is 104 Å². The fourth-order valence-corrected chi connectivity index (χ4v) is 10.3. The van der Waals surface area contributed by atoms with Crippen LogP contribution in [-0.4, -0.2) is 34.6 Å². The molecular formula is C44H34N3PS2. The van der Waals surface area contributed by atoms with Crippen LogP contribution in [0, 0.1) is 13.8 Å². The topological polar surface area (TPSA) is 38.7 Å². The van der Waals surface area contributed by atoms with Gasteiger partial charge in [0.05, 0.1) is 0 Å². The molecular weight excluding hydrogens is 666 g/mol. The Kier molecular flexibility index (Phi) is 7.36. The van der Waals surface area contributed by atoms with Crippen molar-refractivity contribution >= 4 is 81.5 Å². The van der Waals surface area contributed by atoms with Crippen molar-refractivity contribution in [3.05, 3.63) is 132 Å². The highest BCUT2D eigenvalue weighted by Crippen LogP contribution is 2.41. The molecule has 0 saturated heterocycles. The summed E-state index contributed by atoms with van der Waals surface area (Å²) in [6.45, 7) is 7.51. The summed E-state index contributed by atoms with van der Waals surface area (Å²) in [5, 5.41) is 6.43. The lowest BCUT2D eigenvalue weighted by Gasteiger charge is -2.12. The first-order chi connectivity index (χ1) is 24.2. The maximum absolute atomic E-state index is 5.15. The van der Waals surface area contributed by atoms with Crippen LogP contribution in [0.1, 0.15) is 11.1 Å². The summed E-state index contributed by atoms with van der Waals surface area (Å²) >= 11 is 3.64. The van der Waals surface area contributed by atoms with Crippen LogP contribution in [0.4, 0.5) is 0 Å². The molecule has 9 rings (SSSR count). The van der Waals surface area contributed by atoms with Gasteiger partial charge in [0, 0.05) is 57.0 Å². The third kappa shape index (κ3) is 5.38. The Hall–Kier alpha value is -4.93. The van der Waals surface area contributed by atoms with Crippen LogP contribution in [0.5, 0.6) is 0 Å². The van der Waals surface area contributed by atoms with Crippen molar-refractivity contribution in [3.63, 3.8) is 0 Å². The number of benzene rings is 6. The highest BCUT2D eigenvalue weighted by molar-refractivity contribution is 7.79. The van der Waals surface area contributed by atoms with E-state index in [1.54, 1.807) is 0 Å². The number of aromatic nitrogens is 3. The number of hydrogen-bond acceptors (Lipinski definition) is 5. The standard InChI is InChI=1S/C44H34N3PS2/c1-26-10-6-7-11-32(26)33-18-14-28(22-27(33)2)42-45-43(29-15-19-35-34-12-8-9-13-38(34)49-39(35)23-29)47-44(46-42)30-16-20-36-37-21-17-31(48(3,4)5)25-41(37)50-40(36)24-30/h6-25H,3H2,1-2,4-5H3. The summed E-state index contributed by atoms with van der Waals surface area (Å²) < 4.78 is 5.03. The molecule has 9 aromatic rings. The first kappa shape index (κ1) is 31.1. The minimum Gasteiger partial charge on any atom is -0.208 e. The second-order valence-corrected chi connectivity index (χ2v) is 19.7. The van der Waals surface area contributed by atoms with Gasteiger partial charge in [0.1, 0.15) is 0 Å². The SMILES string of the molecule is C=P(C)(C)c1ccc2c(c1)sc1cc(-c3nc(-c4ccc(-c5ccccc5C)c(C)c4)nc(-c4ccc5c(c4)sc4ccccc45)n3)ccc12. The van der Waals surface area contributed by atoms with Gasteiger partial charge in [-0.15, -0.1) is 22.7 Å². The maximum atomic E-state index is 5.15. The second-order valence-electron chi connectivity index (χ2n) is 13.6. The molecule has 3 heterocycles. The third-order valence-electron chi connectivity index (χ3n) is 9.61. The number of thiophene rings is 2. The van der Waals surface area contributed by atoms with Gasteiger partial charge in [0.25, 0.3) is 0 Å². The van der Waals surface area contributed by atoms with Gasteiger partial charge in [0.2, 0.25) is 0 Å². The number of fused-ring (bicyclic) bond motifs is 6. The molecule has 0 amide bonds. The number of rotatable bonds is 5. The molecule has 0 N–H and O–H groups in total. The highest BCUT2D eigenvalue weighted by Gasteiger charge is 2.17. The quantitative estimate of drug-likeness (QED) is 0.168. The zero-order valence-electron chi connectivity index (χ0n) is 28.4. The molecule has 0 aliphatic carbocycles. The Morgan fingerprint density at radius 3 is 1.56 bits per heavy atom. The van der Waals surface area contributed by atoms with Crippen molar-refractivity contribution in [2.45, 2.75) is 13.8 Å². The molecule has 0 bridgehead atoms. The number of hydrogen-bond donors (Lipinski definition) is 0. The average molecular weight is 700 g/mol. The van der Waals surface area contributed by atoms with Crippen LogP contribution >= 0.6 is 29.6 Å². The van der Waals surface area contributed by atoms with Crippen LogP contribution in [0.25, 0.3) is 85.6 Å². The second kappa shape index (κ2) is 11.8. The van der Waals surface area contributed by atoms with Crippen LogP contribution < -0.4 is 5.30 Å². The van der Waals surface area contributed by atoms with E-state index in [-0.39, 0.29) is 0 Å². The summed E-state index contributed by atoms with van der Waals surface area (Å²) in [7, 11) is 0. The molecule has 6 heteroatoms. The molecule has 0 aliphatic heterocycles. The minimum absolute atomic E-state index is 0.670. The molecule has 0 unspecified atom stereocenters. The Labute approximate surface area is 299 Å². The van der Waals surface area contributed by atoms with Crippen molar-refractivity contribution < 1.29 is 0 Å². The zero-order valence-corrected chi connectivity index (χ0v) is 30.9. The third-order valence-corrected chi connectivity index (χ3v) is 13.5. The van der Waals surface area contributed by atoms with Gasteiger partial charge in [-0.2, -0.15) is 0 Å². The molecule has 0 fully saturated rings. The first-order valence-corrected chi connectivity index (χ1v) is 21.2. The molecule has 0 spiro atoms. The van der Waals surface area contributed by atoms with Crippen molar-refractivity contribution in [2.75, 3.05) is 13.3 Å². The van der Waals surface area contributed by atoms with Gasteiger partial charge >= 0.3 is 0 Å². The van der Waals surface area contributed by atoms with Crippen molar-refractivity contribution in [2.24, 2.45) is 0 Å². The fourth-order valence-electron chi connectivity index (χ4n) is 6.89. The van der Waals surface area contributed by atoms with Crippen LogP contribution in [0.3, 0.4) is 0 Å². The van der Waals surface area contributed by atoms with Gasteiger partial charge in [-0.05, 0) is 85.1 Å². The Balaban J connectivity index is 1.21. The molecule has 3 aromatic heterocycles. The average Bonchev–Trinajstić information content (AvgIpc) is 3.68. The largest absolute Gasteiger partial charge is 0.208 e. The molecule has 6 aromatic carbocycles. The highest BCUT2D eigenvalue weighted by atomic mass is 32.1. The summed E-state index contributed by atoms with van der Waals surface area (Å²) in [5.41, 5.74) is 7.85. The number of aryl methyl sites for hydroxylation is 2. The molecule has 50 heavy (non-hydrogen) atoms. The van der Waals surface area contributed by atoms with E-state index in [2.05, 4.69) is 155 Å². The summed E-state index contributed by atoms with van der Waals surface area (Å²) in [4.78, 5) is 15.4. The van der Waals surface area contributed by atoms with E-state index in [0.29, 0.717) is 17.5 Å². The van der Waals surface area contributed by atoms with Crippen LogP contribution in [0.2, 0.25) is 0 Å². The maximum Gasteiger partial charge on any atom is 0.164 e. The molecule has 0 aliphatic rings. The van der Waals surface area contributed by atoms with Crippen LogP contribution in [0.15, 0.2) is 121 Å². The van der Waals surface area contributed by atoms with E-state index in [0.717, 1.165) is 16.7 Å². The Bertz CT molecular complexity index is 2860. The zero-order chi connectivity index (χ0) is 34.1. The summed E-state index contributed by atoms with van der Waals surface area (Å²) in [5.74, 6) is 2.02. The smallest absolute Gasteiger partial charge is 0.164 e. The van der Waals surface area contributed by atoms with Crippen molar-refractivity contribution in [3.8, 4) is 45.3 Å². The Morgan fingerprint density at radius 2 is 0.940 bits per heavy atom.